The van der Waals surface area contributed by atoms with Crippen molar-refractivity contribution >= 4 is 35.3 Å². The number of rotatable bonds is 6. The summed E-state index contributed by atoms with van der Waals surface area (Å²) in [4.78, 5) is 24.7. The van der Waals surface area contributed by atoms with Gasteiger partial charge in [-0.3, -0.25) is 9.69 Å². The Balaban J connectivity index is 1.84. The summed E-state index contributed by atoms with van der Waals surface area (Å²) in [6, 6.07) is 4.08. The van der Waals surface area contributed by atoms with Crippen LogP contribution in [0.25, 0.3) is 0 Å². The van der Waals surface area contributed by atoms with Crippen LogP contribution in [0, 0.1) is 0 Å². The smallest absolute Gasteiger partial charge is 0.227 e. The number of piperidine rings is 1. The van der Waals surface area contributed by atoms with Gasteiger partial charge in [0.2, 0.25) is 12.4 Å². The highest BCUT2D eigenvalue weighted by Gasteiger charge is 2.38. The summed E-state index contributed by atoms with van der Waals surface area (Å²) in [7, 11) is 3.43. The fraction of sp³-hybridized carbons (Fsp3) is 0.476. The number of aromatic nitrogens is 2. The van der Waals surface area contributed by atoms with Crippen molar-refractivity contribution in [2.45, 2.75) is 31.3 Å². The van der Waals surface area contributed by atoms with Crippen LogP contribution in [-0.4, -0.2) is 66.0 Å². The van der Waals surface area contributed by atoms with Crippen LogP contribution in [0.5, 0.6) is 5.75 Å². The minimum absolute atomic E-state index is 0.00207. The molecule has 9 heteroatoms. The molecule has 0 spiro atoms. The third kappa shape index (κ3) is 3.89. The largest absolute Gasteiger partial charge is 0.492 e. The van der Waals surface area contributed by atoms with Crippen LogP contribution in [-0.2, 0) is 4.79 Å². The van der Waals surface area contributed by atoms with E-state index in [1.54, 1.807) is 25.6 Å². The van der Waals surface area contributed by atoms with Crippen molar-refractivity contribution < 1.29 is 9.53 Å². The molecule has 30 heavy (non-hydrogen) atoms. The average Bonchev–Trinajstić information content (AvgIpc) is 2.79. The first-order valence-corrected chi connectivity index (χ1v) is 10.6. The lowest BCUT2D eigenvalue weighted by atomic mass is 9.91. The molecule has 0 bridgehead atoms. The van der Waals surface area contributed by atoms with Gasteiger partial charge in [-0.05, 0) is 31.5 Å². The van der Waals surface area contributed by atoms with E-state index < -0.39 is 0 Å². The highest BCUT2D eigenvalue weighted by molar-refractivity contribution is 6.34. The van der Waals surface area contributed by atoms with Crippen molar-refractivity contribution in [2.24, 2.45) is 0 Å². The Kier molecular flexibility index (Phi) is 6.24. The lowest BCUT2D eigenvalue weighted by Crippen LogP contribution is -2.55. The number of ether oxygens (including phenoxy) is 1. The summed E-state index contributed by atoms with van der Waals surface area (Å²) in [6.45, 7) is 2.36. The molecular formula is C21H27ClN6O2. The molecule has 2 fully saturated rings. The molecule has 1 amide bonds. The Morgan fingerprint density at radius 1 is 1.23 bits per heavy atom. The average molecular weight is 431 g/mol. The molecule has 0 saturated carbocycles. The van der Waals surface area contributed by atoms with Gasteiger partial charge in [-0.25, -0.2) is 9.97 Å². The van der Waals surface area contributed by atoms with E-state index in [0.29, 0.717) is 35.0 Å². The van der Waals surface area contributed by atoms with Gasteiger partial charge in [0, 0.05) is 44.1 Å². The van der Waals surface area contributed by atoms with Gasteiger partial charge < -0.3 is 20.3 Å². The van der Waals surface area contributed by atoms with E-state index in [9.17, 15) is 4.79 Å². The lowest BCUT2D eigenvalue weighted by Gasteiger charge is -2.48. The maximum Gasteiger partial charge on any atom is 0.227 e. The molecule has 2 atom stereocenters. The fourth-order valence-electron chi connectivity index (χ4n) is 4.61. The van der Waals surface area contributed by atoms with Gasteiger partial charge in [0.25, 0.3) is 0 Å². The Hall–Kier alpha value is -2.58. The molecule has 3 heterocycles. The van der Waals surface area contributed by atoms with Crippen LogP contribution in [0.1, 0.15) is 30.9 Å². The Morgan fingerprint density at radius 2 is 2.03 bits per heavy atom. The monoisotopic (exact) mass is 430 g/mol. The molecule has 0 radical (unpaired) electrons. The predicted molar refractivity (Wildman–Crippen MR) is 118 cm³/mol. The number of carbonyl (C=O) groups excluding carboxylic acids is 1. The number of nitrogens with zero attached hydrogens (tertiary/aromatic N) is 4. The van der Waals surface area contributed by atoms with Crippen LogP contribution in [0.2, 0.25) is 5.02 Å². The quantitative estimate of drug-likeness (QED) is 0.680. The predicted octanol–water partition coefficient (Wildman–Crippen LogP) is 3.29. The number of anilines is 3. The third-order valence-electron chi connectivity index (χ3n) is 5.95. The van der Waals surface area contributed by atoms with E-state index in [2.05, 4.69) is 25.5 Å². The van der Waals surface area contributed by atoms with Gasteiger partial charge in [-0.1, -0.05) is 18.0 Å². The first-order chi connectivity index (χ1) is 14.7. The van der Waals surface area contributed by atoms with Crippen LogP contribution < -0.4 is 15.4 Å². The number of hydrogen-bond donors (Lipinski definition) is 2. The number of benzene rings is 1. The van der Waals surface area contributed by atoms with E-state index in [1.807, 2.05) is 18.0 Å². The van der Waals surface area contributed by atoms with Crippen molar-refractivity contribution in [2.75, 3.05) is 44.4 Å². The van der Waals surface area contributed by atoms with E-state index in [-0.39, 0.29) is 6.04 Å². The van der Waals surface area contributed by atoms with E-state index >= 15 is 0 Å². The number of nitrogens with one attached hydrogen (secondary N) is 2. The number of hydrogen-bond acceptors (Lipinski definition) is 7. The minimum atomic E-state index is -0.00207. The van der Waals surface area contributed by atoms with Crippen molar-refractivity contribution in [3.63, 3.8) is 0 Å². The van der Waals surface area contributed by atoms with E-state index in [1.165, 1.54) is 6.42 Å². The molecule has 2 saturated heterocycles. The molecular weight excluding hydrogens is 404 g/mol. The zero-order chi connectivity index (χ0) is 21.1. The molecule has 1 aromatic carbocycles. The molecule has 4 rings (SSSR count). The normalized spacial score (nSPS) is 21.6. The van der Waals surface area contributed by atoms with Gasteiger partial charge in [-0.15, -0.1) is 0 Å². The second-order valence-corrected chi connectivity index (χ2v) is 8.05. The number of amides is 1. The van der Waals surface area contributed by atoms with Crippen molar-refractivity contribution in [1.29, 1.82) is 0 Å². The fourth-order valence-corrected chi connectivity index (χ4v) is 4.91. The van der Waals surface area contributed by atoms with Crippen molar-refractivity contribution in [3.8, 4) is 5.75 Å². The van der Waals surface area contributed by atoms with Gasteiger partial charge in [0.05, 0.1) is 29.5 Å². The van der Waals surface area contributed by atoms with Crippen LogP contribution in [0.3, 0.4) is 0 Å². The van der Waals surface area contributed by atoms with E-state index in [4.69, 9.17) is 16.3 Å². The maximum absolute atomic E-state index is 11.7. The first kappa shape index (κ1) is 20.7. The molecule has 8 nitrogen and oxygen atoms in total. The number of carbonyl (C=O) groups is 1. The van der Waals surface area contributed by atoms with E-state index in [0.717, 1.165) is 43.6 Å². The molecule has 2 unspecified atom stereocenters. The van der Waals surface area contributed by atoms with Gasteiger partial charge in [-0.2, -0.15) is 0 Å². The molecule has 2 aliphatic rings. The summed E-state index contributed by atoms with van der Waals surface area (Å²) >= 11 is 6.65. The standard InChI is InChI=1S/C21H27ClN6O2/c1-23-19-16(22)10-15(18(20(19)30-2)26-21-24-7-5-8-25-21)17-12-27(13-29)11-14-6-3-4-9-28(14)17/h5,7-8,10,13-14,17,23H,3-4,6,9,11-12H2,1-2H3,(H,24,25,26). The SMILES string of the molecule is CNc1c(Cl)cc(C2CN(C=O)CC3CCCCN32)c(Nc2ncccn2)c1OC. The Morgan fingerprint density at radius 3 is 2.73 bits per heavy atom. The highest BCUT2D eigenvalue weighted by Crippen LogP contribution is 2.47. The zero-order valence-electron chi connectivity index (χ0n) is 17.3. The topological polar surface area (TPSA) is 82.6 Å². The Labute approximate surface area is 181 Å². The number of halogens is 1. The summed E-state index contributed by atoms with van der Waals surface area (Å²) in [5.74, 6) is 1.07. The summed E-state index contributed by atoms with van der Waals surface area (Å²) < 4.78 is 5.77. The second kappa shape index (κ2) is 9.06. The number of piperazine rings is 1. The molecule has 2 aromatic rings. The van der Waals surface area contributed by atoms with Gasteiger partial charge in [0.1, 0.15) is 0 Å². The molecule has 2 aliphatic heterocycles. The number of methoxy groups -OCH3 is 1. The number of fused-ring (bicyclic) bond motifs is 1. The Bertz CT molecular complexity index is 897. The molecule has 2 N–H and O–H groups in total. The molecule has 0 aliphatic carbocycles. The van der Waals surface area contributed by atoms with Crippen LogP contribution in [0.4, 0.5) is 17.3 Å². The van der Waals surface area contributed by atoms with Crippen molar-refractivity contribution in [3.05, 3.63) is 35.1 Å². The zero-order valence-corrected chi connectivity index (χ0v) is 18.0. The van der Waals surface area contributed by atoms with Crippen LogP contribution in [0.15, 0.2) is 24.5 Å². The molecule has 160 valence electrons. The maximum atomic E-state index is 11.7. The van der Waals surface area contributed by atoms with Crippen molar-refractivity contribution in [1.82, 2.24) is 19.8 Å². The van der Waals surface area contributed by atoms with Gasteiger partial charge in [0.15, 0.2) is 5.75 Å². The first-order valence-electron chi connectivity index (χ1n) is 10.2. The second-order valence-electron chi connectivity index (χ2n) is 7.64. The van der Waals surface area contributed by atoms with Crippen LogP contribution >= 0.6 is 11.6 Å². The lowest BCUT2D eigenvalue weighted by molar-refractivity contribution is -0.123. The van der Waals surface area contributed by atoms with Gasteiger partial charge >= 0.3 is 0 Å². The summed E-state index contributed by atoms with van der Waals surface area (Å²) in [5.41, 5.74) is 2.43. The summed E-state index contributed by atoms with van der Waals surface area (Å²) in [6.07, 6.45) is 7.75. The third-order valence-corrected chi connectivity index (χ3v) is 6.25. The molecule has 1 aromatic heterocycles. The summed E-state index contributed by atoms with van der Waals surface area (Å²) in [5, 5.41) is 7.04. The highest BCUT2D eigenvalue weighted by atomic mass is 35.5. The minimum Gasteiger partial charge on any atom is -0.492 e.